The summed E-state index contributed by atoms with van der Waals surface area (Å²) in [6, 6.07) is 0.298. The third-order valence-corrected chi connectivity index (χ3v) is 3.56. The van der Waals surface area contributed by atoms with Crippen molar-refractivity contribution in [2.75, 3.05) is 7.05 Å². The molecule has 0 saturated carbocycles. The topological polar surface area (TPSA) is 32.3 Å². The molecule has 0 radical (unpaired) electrons. The zero-order valence-corrected chi connectivity index (χ0v) is 9.05. The summed E-state index contributed by atoms with van der Waals surface area (Å²) in [6.45, 7) is 0. The number of rotatable bonds is 1. The normalized spacial score (nSPS) is 33.9. The number of carbonyl (C=O) groups excluding carboxylic acids is 1. The SMILES string of the molecule is CN(C(=O)C(F)(F)F)C1CC2CCC(C1)N2. The third-order valence-electron chi connectivity index (χ3n) is 3.56. The van der Waals surface area contributed by atoms with Crippen LogP contribution in [0.4, 0.5) is 13.2 Å². The Morgan fingerprint density at radius 3 is 2.19 bits per heavy atom. The van der Waals surface area contributed by atoms with Crippen molar-refractivity contribution in [2.24, 2.45) is 0 Å². The molecule has 2 saturated heterocycles. The van der Waals surface area contributed by atoms with Crippen LogP contribution >= 0.6 is 0 Å². The summed E-state index contributed by atoms with van der Waals surface area (Å²) >= 11 is 0. The first-order valence-electron chi connectivity index (χ1n) is 5.48. The van der Waals surface area contributed by atoms with Gasteiger partial charge in [0, 0.05) is 25.2 Å². The Balaban J connectivity index is 2.00. The Labute approximate surface area is 92.0 Å². The van der Waals surface area contributed by atoms with Crippen LogP contribution in [-0.4, -0.2) is 42.2 Å². The smallest absolute Gasteiger partial charge is 0.335 e. The number of carbonyl (C=O) groups is 1. The monoisotopic (exact) mass is 236 g/mol. The summed E-state index contributed by atoms with van der Waals surface area (Å²) in [5, 5.41) is 3.33. The molecule has 2 fully saturated rings. The Morgan fingerprint density at radius 2 is 1.75 bits per heavy atom. The minimum atomic E-state index is -4.75. The van der Waals surface area contributed by atoms with E-state index in [0.717, 1.165) is 17.7 Å². The zero-order valence-electron chi connectivity index (χ0n) is 9.05. The molecule has 1 N–H and O–H groups in total. The van der Waals surface area contributed by atoms with Crippen LogP contribution < -0.4 is 5.32 Å². The summed E-state index contributed by atoms with van der Waals surface area (Å²) in [4.78, 5) is 11.9. The number of halogens is 3. The highest BCUT2D eigenvalue weighted by atomic mass is 19.4. The number of piperidine rings is 1. The van der Waals surface area contributed by atoms with E-state index in [2.05, 4.69) is 5.32 Å². The predicted molar refractivity (Wildman–Crippen MR) is 51.8 cm³/mol. The maximum atomic E-state index is 12.3. The molecule has 0 aromatic rings. The van der Waals surface area contributed by atoms with Crippen LogP contribution in [0.1, 0.15) is 25.7 Å². The van der Waals surface area contributed by atoms with Crippen molar-refractivity contribution in [1.82, 2.24) is 10.2 Å². The summed E-state index contributed by atoms with van der Waals surface area (Å²) in [5.41, 5.74) is 0. The van der Waals surface area contributed by atoms with Crippen LogP contribution in [0.2, 0.25) is 0 Å². The second-order valence-electron chi connectivity index (χ2n) is 4.68. The Hall–Kier alpha value is -0.780. The maximum absolute atomic E-state index is 12.3. The molecule has 0 aliphatic carbocycles. The third kappa shape index (κ3) is 2.16. The number of alkyl halides is 3. The molecule has 3 nitrogen and oxygen atoms in total. The van der Waals surface area contributed by atoms with Gasteiger partial charge in [-0.3, -0.25) is 4.79 Å². The highest BCUT2D eigenvalue weighted by molar-refractivity contribution is 5.81. The van der Waals surface area contributed by atoms with Gasteiger partial charge < -0.3 is 10.2 Å². The molecule has 2 aliphatic heterocycles. The molecule has 16 heavy (non-hydrogen) atoms. The number of nitrogens with zero attached hydrogens (tertiary/aromatic N) is 1. The lowest BCUT2D eigenvalue weighted by atomic mass is 9.98. The summed E-state index contributed by atoms with van der Waals surface area (Å²) in [7, 11) is 1.26. The van der Waals surface area contributed by atoms with Gasteiger partial charge in [-0.1, -0.05) is 0 Å². The van der Waals surface area contributed by atoms with Crippen molar-refractivity contribution >= 4 is 5.91 Å². The van der Waals surface area contributed by atoms with Crippen LogP contribution in [0.5, 0.6) is 0 Å². The van der Waals surface area contributed by atoms with Gasteiger partial charge in [0.1, 0.15) is 0 Å². The van der Waals surface area contributed by atoms with Crippen LogP contribution in [0.15, 0.2) is 0 Å². The standard InChI is InChI=1S/C10H15F3N2O/c1-15(9(16)10(11,12)13)8-4-6-2-3-7(5-8)14-6/h6-8,14H,2-5H2,1H3. The molecular formula is C10H15F3N2O. The largest absolute Gasteiger partial charge is 0.471 e. The summed E-state index contributed by atoms with van der Waals surface area (Å²) in [5.74, 6) is -1.72. The van der Waals surface area contributed by atoms with Gasteiger partial charge in [-0.15, -0.1) is 0 Å². The maximum Gasteiger partial charge on any atom is 0.471 e. The van der Waals surface area contributed by atoms with Crippen molar-refractivity contribution in [3.05, 3.63) is 0 Å². The van der Waals surface area contributed by atoms with E-state index >= 15 is 0 Å². The van der Waals surface area contributed by atoms with Gasteiger partial charge in [0.05, 0.1) is 0 Å². The van der Waals surface area contributed by atoms with Crippen molar-refractivity contribution < 1.29 is 18.0 Å². The molecule has 6 heteroatoms. The van der Waals surface area contributed by atoms with Crippen molar-refractivity contribution in [3.8, 4) is 0 Å². The first kappa shape index (κ1) is 11.7. The van der Waals surface area contributed by atoms with Gasteiger partial charge in [-0.25, -0.2) is 0 Å². The fourth-order valence-corrected chi connectivity index (χ4v) is 2.71. The fourth-order valence-electron chi connectivity index (χ4n) is 2.71. The molecule has 0 aromatic carbocycles. The molecule has 2 bridgehead atoms. The molecule has 92 valence electrons. The van der Waals surface area contributed by atoms with Crippen LogP contribution in [0, 0.1) is 0 Å². The van der Waals surface area contributed by atoms with Crippen LogP contribution in [0.3, 0.4) is 0 Å². The van der Waals surface area contributed by atoms with Gasteiger partial charge in [0.25, 0.3) is 0 Å². The lowest BCUT2D eigenvalue weighted by Gasteiger charge is -2.35. The number of nitrogens with one attached hydrogen (secondary N) is 1. The van der Waals surface area contributed by atoms with E-state index in [-0.39, 0.29) is 18.1 Å². The van der Waals surface area contributed by atoms with Crippen molar-refractivity contribution in [1.29, 1.82) is 0 Å². The number of hydrogen-bond donors (Lipinski definition) is 1. The highest BCUT2D eigenvalue weighted by Gasteiger charge is 2.45. The lowest BCUT2D eigenvalue weighted by Crippen LogP contribution is -2.51. The quantitative estimate of drug-likeness (QED) is 0.744. The van der Waals surface area contributed by atoms with Gasteiger partial charge in [0.15, 0.2) is 0 Å². The number of amides is 1. The van der Waals surface area contributed by atoms with Crippen LogP contribution in [0.25, 0.3) is 0 Å². The average Bonchev–Trinajstić information content (AvgIpc) is 2.54. The molecule has 2 heterocycles. The molecule has 2 aliphatic rings. The Morgan fingerprint density at radius 1 is 1.25 bits per heavy atom. The summed E-state index contributed by atoms with van der Waals surface area (Å²) < 4.78 is 36.8. The van der Waals surface area contributed by atoms with Gasteiger partial charge in [-0.2, -0.15) is 13.2 Å². The minimum Gasteiger partial charge on any atom is -0.335 e. The van der Waals surface area contributed by atoms with E-state index < -0.39 is 12.1 Å². The second-order valence-corrected chi connectivity index (χ2v) is 4.68. The lowest BCUT2D eigenvalue weighted by molar-refractivity contribution is -0.186. The molecule has 0 spiro atoms. The van der Waals surface area contributed by atoms with E-state index in [1.165, 1.54) is 7.05 Å². The number of hydrogen-bond acceptors (Lipinski definition) is 2. The van der Waals surface area contributed by atoms with Crippen molar-refractivity contribution in [2.45, 2.75) is 50.0 Å². The molecule has 2 atom stereocenters. The van der Waals surface area contributed by atoms with E-state index in [4.69, 9.17) is 0 Å². The Kier molecular flexibility index (Phi) is 2.86. The van der Waals surface area contributed by atoms with E-state index in [1.54, 1.807) is 0 Å². The molecular weight excluding hydrogens is 221 g/mol. The average molecular weight is 236 g/mol. The zero-order chi connectivity index (χ0) is 11.9. The van der Waals surface area contributed by atoms with Gasteiger partial charge in [-0.05, 0) is 25.7 Å². The van der Waals surface area contributed by atoms with Gasteiger partial charge in [0.2, 0.25) is 0 Å². The van der Waals surface area contributed by atoms with E-state index in [0.29, 0.717) is 12.8 Å². The first-order chi connectivity index (χ1) is 7.38. The second kappa shape index (κ2) is 3.91. The highest BCUT2D eigenvalue weighted by Crippen LogP contribution is 2.31. The first-order valence-corrected chi connectivity index (χ1v) is 5.48. The summed E-state index contributed by atoms with van der Waals surface area (Å²) in [6.07, 6.45) is -1.47. The van der Waals surface area contributed by atoms with Crippen LogP contribution in [-0.2, 0) is 4.79 Å². The van der Waals surface area contributed by atoms with Crippen molar-refractivity contribution in [3.63, 3.8) is 0 Å². The Bertz CT molecular complexity index is 280. The molecule has 1 amide bonds. The number of fused-ring (bicyclic) bond motifs is 2. The fraction of sp³-hybridized carbons (Fsp3) is 0.900. The minimum absolute atomic E-state index is 0.270. The molecule has 2 rings (SSSR count). The van der Waals surface area contributed by atoms with E-state index in [9.17, 15) is 18.0 Å². The molecule has 2 unspecified atom stereocenters. The van der Waals surface area contributed by atoms with Gasteiger partial charge >= 0.3 is 12.1 Å². The predicted octanol–water partition coefficient (Wildman–Crippen LogP) is 1.29. The molecule has 0 aromatic heterocycles. The van der Waals surface area contributed by atoms with E-state index in [1.807, 2.05) is 0 Å².